The summed E-state index contributed by atoms with van der Waals surface area (Å²) < 4.78 is 1.48. The quantitative estimate of drug-likeness (QED) is 0.663. The molecule has 1 aliphatic carbocycles. The van der Waals surface area contributed by atoms with Gasteiger partial charge in [-0.25, -0.2) is 0 Å². The summed E-state index contributed by atoms with van der Waals surface area (Å²) in [7, 11) is 1.70. The fourth-order valence-electron chi connectivity index (χ4n) is 2.64. The van der Waals surface area contributed by atoms with Crippen molar-refractivity contribution in [1.82, 2.24) is 9.78 Å². The highest BCUT2D eigenvalue weighted by atomic mass is 16.6. The second kappa shape index (κ2) is 4.59. The SMILES string of the molecule is Cn1cc([N+](=O)[O-])c(NC2CCCCC2(C)C)n1. The van der Waals surface area contributed by atoms with Gasteiger partial charge in [0.2, 0.25) is 5.82 Å². The summed E-state index contributed by atoms with van der Waals surface area (Å²) >= 11 is 0. The standard InChI is InChI=1S/C12H20N4O2/c1-12(2)7-5-4-6-10(12)13-11-9(16(17)18)8-15(3)14-11/h8,10H,4-7H2,1-3H3,(H,13,14). The summed E-state index contributed by atoms with van der Waals surface area (Å²) in [6.45, 7) is 4.41. The van der Waals surface area contributed by atoms with Gasteiger partial charge in [-0.05, 0) is 18.3 Å². The summed E-state index contributed by atoms with van der Waals surface area (Å²) in [4.78, 5) is 10.6. The number of nitro groups is 1. The van der Waals surface area contributed by atoms with Crippen LogP contribution < -0.4 is 5.32 Å². The third-order valence-electron chi connectivity index (χ3n) is 3.82. The molecule has 1 aliphatic rings. The first kappa shape index (κ1) is 12.9. The van der Waals surface area contributed by atoms with E-state index in [1.165, 1.54) is 23.7 Å². The maximum Gasteiger partial charge on any atom is 0.330 e. The minimum atomic E-state index is -0.384. The molecule has 1 aromatic heterocycles. The molecule has 0 saturated heterocycles. The molecule has 100 valence electrons. The van der Waals surface area contributed by atoms with Crippen molar-refractivity contribution < 1.29 is 4.92 Å². The highest BCUT2D eigenvalue weighted by Gasteiger charge is 2.34. The number of nitrogens with one attached hydrogen (secondary N) is 1. The Morgan fingerprint density at radius 2 is 2.28 bits per heavy atom. The molecule has 1 heterocycles. The van der Waals surface area contributed by atoms with Gasteiger partial charge in [0.15, 0.2) is 0 Å². The van der Waals surface area contributed by atoms with E-state index in [9.17, 15) is 10.1 Å². The van der Waals surface area contributed by atoms with Crippen LogP contribution in [0.1, 0.15) is 39.5 Å². The van der Waals surface area contributed by atoms with Crippen molar-refractivity contribution in [2.75, 3.05) is 5.32 Å². The fourth-order valence-corrected chi connectivity index (χ4v) is 2.64. The Morgan fingerprint density at radius 1 is 1.56 bits per heavy atom. The van der Waals surface area contributed by atoms with Crippen molar-refractivity contribution in [3.63, 3.8) is 0 Å². The van der Waals surface area contributed by atoms with Crippen LogP contribution in [-0.4, -0.2) is 20.7 Å². The summed E-state index contributed by atoms with van der Waals surface area (Å²) in [6, 6.07) is 0.250. The van der Waals surface area contributed by atoms with E-state index in [0.717, 1.165) is 12.8 Å². The van der Waals surface area contributed by atoms with Crippen LogP contribution in [-0.2, 0) is 7.05 Å². The van der Waals surface area contributed by atoms with Gasteiger partial charge in [0.25, 0.3) is 0 Å². The monoisotopic (exact) mass is 252 g/mol. The molecule has 0 bridgehead atoms. The van der Waals surface area contributed by atoms with Crippen LogP contribution in [0.4, 0.5) is 11.5 Å². The minimum absolute atomic E-state index is 0.0545. The summed E-state index contributed by atoms with van der Waals surface area (Å²) in [6.07, 6.45) is 6.03. The average molecular weight is 252 g/mol. The molecule has 1 fully saturated rings. The van der Waals surface area contributed by atoms with Crippen LogP contribution in [0.5, 0.6) is 0 Å². The van der Waals surface area contributed by atoms with E-state index >= 15 is 0 Å². The molecule has 0 radical (unpaired) electrons. The van der Waals surface area contributed by atoms with E-state index in [0.29, 0.717) is 5.82 Å². The predicted molar refractivity (Wildman–Crippen MR) is 69.5 cm³/mol. The number of aromatic nitrogens is 2. The zero-order chi connectivity index (χ0) is 13.3. The second-order valence-corrected chi connectivity index (χ2v) is 5.73. The molecule has 1 saturated carbocycles. The molecule has 0 amide bonds. The van der Waals surface area contributed by atoms with Crippen molar-refractivity contribution >= 4 is 11.5 Å². The van der Waals surface area contributed by atoms with E-state index in [2.05, 4.69) is 24.3 Å². The molecule has 1 unspecified atom stereocenters. The van der Waals surface area contributed by atoms with E-state index < -0.39 is 0 Å². The second-order valence-electron chi connectivity index (χ2n) is 5.73. The number of rotatable bonds is 3. The first-order chi connectivity index (χ1) is 8.40. The van der Waals surface area contributed by atoms with Gasteiger partial charge in [-0.3, -0.25) is 14.8 Å². The third-order valence-corrected chi connectivity index (χ3v) is 3.82. The van der Waals surface area contributed by atoms with Gasteiger partial charge in [0.05, 0.1) is 4.92 Å². The van der Waals surface area contributed by atoms with Gasteiger partial charge in [-0.15, -0.1) is 5.10 Å². The predicted octanol–water partition coefficient (Wildman–Crippen LogP) is 2.71. The summed E-state index contributed by atoms with van der Waals surface area (Å²) in [5, 5.41) is 18.4. The van der Waals surface area contributed by atoms with Gasteiger partial charge in [-0.1, -0.05) is 26.7 Å². The molecule has 1 N–H and O–H groups in total. The Morgan fingerprint density at radius 3 is 2.89 bits per heavy atom. The fraction of sp³-hybridized carbons (Fsp3) is 0.750. The molecule has 18 heavy (non-hydrogen) atoms. The zero-order valence-electron chi connectivity index (χ0n) is 11.1. The first-order valence-electron chi connectivity index (χ1n) is 6.35. The first-order valence-corrected chi connectivity index (χ1v) is 6.35. The van der Waals surface area contributed by atoms with Crippen LogP contribution >= 0.6 is 0 Å². The summed E-state index contributed by atoms with van der Waals surface area (Å²) in [5.74, 6) is 0.391. The van der Waals surface area contributed by atoms with E-state index in [1.807, 2.05) is 0 Å². The number of anilines is 1. The maximum atomic E-state index is 11.0. The topological polar surface area (TPSA) is 73.0 Å². The van der Waals surface area contributed by atoms with Gasteiger partial charge in [0, 0.05) is 13.1 Å². The van der Waals surface area contributed by atoms with Crippen molar-refractivity contribution in [2.24, 2.45) is 12.5 Å². The van der Waals surface area contributed by atoms with Crippen LogP contribution in [0.25, 0.3) is 0 Å². The lowest BCUT2D eigenvalue weighted by Gasteiger charge is -2.38. The number of hydrogen-bond acceptors (Lipinski definition) is 4. The molecule has 6 heteroatoms. The van der Waals surface area contributed by atoms with Gasteiger partial charge < -0.3 is 5.32 Å². The highest BCUT2D eigenvalue weighted by Crippen LogP contribution is 2.38. The highest BCUT2D eigenvalue weighted by molar-refractivity contribution is 5.55. The Bertz CT molecular complexity index is 453. The molecule has 0 aromatic carbocycles. The van der Waals surface area contributed by atoms with Gasteiger partial charge in [-0.2, -0.15) is 0 Å². The van der Waals surface area contributed by atoms with Crippen LogP contribution in [0, 0.1) is 15.5 Å². The van der Waals surface area contributed by atoms with E-state index in [-0.39, 0.29) is 22.1 Å². The van der Waals surface area contributed by atoms with Crippen molar-refractivity contribution in [3.8, 4) is 0 Å². The number of aryl methyl sites for hydroxylation is 1. The normalized spacial score (nSPS) is 22.7. The zero-order valence-corrected chi connectivity index (χ0v) is 11.1. The molecule has 6 nitrogen and oxygen atoms in total. The Hall–Kier alpha value is -1.59. The molecule has 0 aliphatic heterocycles. The molecule has 1 aromatic rings. The Kier molecular flexibility index (Phi) is 3.28. The van der Waals surface area contributed by atoms with E-state index in [4.69, 9.17) is 0 Å². The minimum Gasteiger partial charge on any atom is -0.360 e. The lowest BCUT2D eigenvalue weighted by Crippen LogP contribution is -2.39. The maximum absolute atomic E-state index is 11.0. The van der Waals surface area contributed by atoms with Gasteiger partial charge >= 0.3 is 5.69 Å². The molecule has 2 rings (SSSR count). The van der Waals surface area contributed by atoms with Crippen molar-refractivity contribution in [2.45, 2.75) is 45.6 Å². The third kappa shape index (κ3) is 2.47. The Labute approximate surface area is 107 Å². The summed E-state index contributed by atoms with van der Waals surface area (Å²) in [5.41, 5.74) is 0.211. The van der Waals surface area contributed by atoms with Crippen molar-refractivity contribution in [3.05, 3.63) is 16.3 Å². The lowest BCUT2D eigenvalue weighted by molar-refractivity contribution is -0.384. The molecule has 1 atom stereocenters. The van der Waals surface area contributed by atoms with Crippen LogP contribution in [0.2, 0.25) is 0 Å². The average Bonchev–Trinajstić information content (AvgIpc) is 2.63. The van der Waals surface area contributed by atoms with Crippen LogP contribution in [0.15, 0.2) is 6.20 Å². The van der Waals surface area contributed by atoms with E-state index in [1.54, 1.807) is 7.05 Å². The molecular weight excluding hydrogens is 232 g/mol. The number of nitrogens with zero attached hydrogens (tertiary/aromatic N) is 3. The largest absolute Gasteiger partial charge is 0.360 e. The van der Waals surface area contributed by atoms with Crippen LogP contribution in [0.3, 0.4) is 0 Å². The Balaban J connectivity index is 2.20. The van der Waals surface area contributed by atoms with Gasteiger partial charge in [0.1, 0.15) is 6.20 Å². The van der Waals surface area contributed by atoms with Crippen molar-refractivity contribution in [1.29, 1.82) is 0 Å². The molecule has 0 spiro atoms. The molecular formula is C12H20N4O2. The lowest BCUT2D eigenvalue weighted by atomic mass is 9.73. The number of hydrogen-bond donors (Lipinski definition) is 1. The smallest absolute Gasteiger partial charge is 0.330 e.